The Bertz CT molecular complexity index is 459. The summed E-state index contributed by atoms with van der Waals surface area (Å²) in [4.78, 5) is 4.04. The zero-order valence-corrected chi connectivity index (χ0v) is 10.7. The fourth-order valence-corrected chi connectivity index (χ4v) is 1.91. The quantitative estimate of drug-likeness (QED) is 0.896. The molecule has 0 unspecified atom stereocenters. The zero-order valence-electron chi connectivity index (χ0n) is 10.7. The second-order valence-electron chi connectivity index (χ2n) is 4.43. The Morgan fingerprint density at radius 1 is 1.32 bits per heavy atom. The first-order valence-corrected chi connectivity index (χ1v) is 5.81. The van der Waals surface area contributed by atoms with Crippen molar-refractivity contribution in [2.45, 2.75) is 31.1 Å². The smallest absolute Gasteiger partial charge is 0.406 e. The second kappa shape index (κ2) is 4.88. The number of rotatable bonds is 5. The Hall–Kier alpha value is -1.50. The predicted octanol–water partition coefficient (Wildman–Crippen LogP) is 2.28. The van der Waals surface area contributed by atoms with Crippen LogP contribution in [0.4, 0.5) is 13.2 Å². The third-order valence-electron chi connectivity index (χ3n) is 3.25. The number of halogens is 3. The lowest BCUT2D eigenvalue weighted by Crippen LogP contribution is -2.44. The van der Waals surface area contributed by atoms with E-state index in [2.05, 4.69) is 10.3 Å². The molecular formula is C12H15F3N2O2. The number of ether oxygens (including phenoxy) is 2. The predicted molar refractivity (Wildman–Crippen MR) is 62.2 cm³/mol. The van der Waals surface area contributed by atoms with Crippen LogP contribution < -0.4 is 14.8 Å². The summed E-state index contributed by atoms with van der Waals surface area (Å²) in [7, 11) is 2.90. The molecule has 0 bridgehead atoms. The van der Waals surface area contributed by atoms with Gasteiger partial charge in [-0.1, -0.05) is 0 Å². The lowest BCUT2D eigenvalue weighted by molar-refractivity contribution is -0.166. The Balaban J connectivity index is 2.12. The lowest BCUT2D eigenvalue weighted by Gasteiger charge is -2.21. The Kier molecular flexibility index (Phi) is 3.58. The van der Waals surface area contributed by atoms with Crippen molar-refractivity contribution in [1.82, 2.24) is 10.3 Å². The van der Waals surface area contributed by atoms with Crippen molar-refractivity contribution < 1.29 is 22.6 Å². The van der Waals surface area contributed by atoms with Gasteiger partial charge in [-0.15, -0.1) is 0 Å². The van der Waals surface area contributed by atoms with Crippen LogP contribution in [0.15, 0.2) is 12.3 Å². The van der Waals surface area contributed by atoms with Gasteiger partial charge in [0, 0.05) is 18.8 Å². The number of nitrogens with one attached hydrogen (secondary N) is 1. The van der Waals surface area contributed by atoms with Crippen LogP contribution in [-0.4, -0.2) is 30.9 Å². The number of hydrogen-bond donors (Lipinski definition) is 1. The fraction of sp³-hybridized carbons (Fsp3) is 0.583. The van der Waals surface area contributed by atoms with E-state index in [0.717, 1.165) is 0 Å². The molecule has 106 valence electrons. The monoisotopic (exact) mass is 276 g/mol. The van der Waals surface area contributed by atoms with E-state index in [4.69, 9.17) is 9.47 Å². The van der Waals surface area contributed by atoms with E-state index < -0.39 is 11.7 Å². The molecule has 1 heterocycles. The molecule has 2 rings (SSSR count). The highest BCUT2D eigenvalue weighted by atomic mass is 19.4. The normalized spacial score (nSPS) is 17.1. The number of hydrogen-bond acceptors (Lipinski definition) is 4. The van der Waals surface area contributed by atoms with Gasteiger partial charge < -0.3 is 9.47 Å². The summed E-state index contributed by atoms with van der Waals surface area (Å²) in [5.41, 5.74) is -1.36. The third kappa shape index (κ3) is 2.60. The van der Waals surface area contributed by atoms with Crippen molar-refractivity contribution in [3.05, 3.63) is 18.0 Å². The van der Waals surface area contributed by atoms with Gasteiger partial charge in [-0.3, -0.25) is 10.3 Å². The Labute approximate surface area is 108 Å². The van der Waals surface area contributed by atoms with Crippen LogP contribution in [-0.2, 0) is 6.54 Å². The van der Waals surface area contributed by atoms with E-state index in [1.54, 1.807) is 6.07 Å². The highest BCUT2D eigenvalue weighted by molar-refractivity contribution is 5.42. The van der Waals surface area contributed by atoms with Crippen molar-refractivity contribution in [2.75, 3.05) is 14.2 Å². The molecular weight excluding hydrogens is 261 g/mol. The van der Waals surface area contributed by atoms with E-state index in [1.165, 1.54) is 20.4 Å². The third-order valence-corrected chi connectivity index (χ3v) is 3.25. The van der Waals surface area contributed by atoms with Crippen LogP contribution in [0.3, 0.4) is 0 Å². The van der Waals surface area contributed by atoms with Crippen molar-refractivity contribution in [1.29, 1.82) is 0 Å². The highest BCUT2D eigenvalue weighted by Gasteiger charge is 2.63. The zero-order chi connectivity index (χ0) is 14.1. The second-order valence-corrected chi connectivity index (χ2v) is 4.43. The summed E-state index contributed by atoms with van der Waals surface area (Å²) in [5, 5.41) is 2.53. The summed E-state index contributed by atoms with van der Waals surface area (Å²) in [6.45, 7) is -0.0140. The van der Waals surface area contributed by atoms with E-state index >= 15 is 0 Å². The van der Waals surface area contributed by atoms with E-state index in [1.807, 2.05) is 0 Å². The summed E-state index contributed by atoms with van der Waals surface area (Å²) in [5.74, 6) is 0.807. The Morgan fingerprint density at radius 2 is 2.00 bits per heavy atom. The molecule has 1 aromatic rings. The minimum absolute atomic E-state index is 0.0140. The van der Waals surface area contributed by atoms with E-state index in [0.29, 0.717) is 17.2 Å². The fourth-order valence-electron chi connectivity index (χ4n) is 1.91. The van der Waals surface area contributed by atoms with Gasteiger partial charge in [-0.25, -0.2) is 0 Å². The van der Waals surface area contributed by atoms with Crippen molar-refractivity contribution >= 4 is 0 Å². The average Bonchev–Trinajstić information content (AvgIpc) is 3.16. The maximum Gasteiger partial charge on any atom is 0.406 e. The molecule has 1 aliphatic rings. The van der Waals surface area contributed by atoms with Crippen LogP contribution in [0, 0.1) is 0 Å². The summed E-state index contributed by atoms with van der Waals surface area (Å²) >= 11 is 0. The number of aromatic nitrogens is 1. The van der Waals surface area contributed by atoms with Crippen molar-refractivity contribution in [2.24, 2.45) is 0 Å². The van der Waals surface area contributed by atoms with Gasteiger partial charge >= 0.3 is 6.18 Å². The van der Waals surface area contributed by atoms with Crippen LogP contribution >= 0.6 is 0 Å². The van der Waals surface area contributed by atoms with E-state index in [-0.39, 0.29) is 19.4 Å². The Morgan fingerprint density at radius 3 is 2.47 bits per heavy atom. The molecule has 0 amide bonds. The molecule has 0 atom stereocenters. The molecule has 0 aliphatic heterocycles. The summed E-state index contributed by atoms with van der Waals surface area (Å²) < 4.78 is 48.6. The van der Waals surface area contributed by atoms with Gasteiger partial charge in [0.25, 0.3) is 0 Å². The molecule has 1 N–H and O–H groups in total. The lowest BCUT2D eigenvalue weighted by atomic mass is 10.2. The molecule has 0 spiro atoms. The number of alkyl halides is 3. The van der Waals surface area contributed by atoms with Gasteiger partial charge in [0.2, 0.25) is 0 Å². The van der Waals surface area contributed by atoms with Crippen LogP contribution in [0.2, 0.25) is 0 Å². The topological polar surface area (TPSA) is 43.4 Å². The van der Waals surface area contributed by atoms with Crippen molar-refractivity contribution in [3.63, 3.8) is 0 Å². The van der Waals surface area contributed by atoms with Gasteiger partial charge in [0.1, 0.15) is 5.54 Å². The molecule has 7 heteroatoms. The highest BCUT2D eigenvalue weighted by Crippen LogP contribution is 2.49. The number of nitrogens with zero attached hydrogens (tertiary/aromatic N) is 1. The summed E-state index contributed by atoms with van der Waals surface area (Å²) in [6.07, 6.45) is -2.56. The minimum Gasteiger partial charge on any atom is -0.493 e. The average molecular weight is 276 g/mol. The standard InChI is InChI=1S/C12H15F3N2O2/c1-18-9-3-6-16-8(10(9)19-2)7-17-11(4-5-11)12(13,14)15/h3,6,17H,4-5,7H2,1-2H3. The first-order chi connectivity index (χ1) is 8.93. The molecule has 1 fully saturated rings. The summed E-state index contributed by atoms with van der Waals surface area (Å²) in [6, 6.07) is 1.60. The largest absolute Gasteiger partial charge is 0.493 e. The molecule has 1 saturated carbocycles. The SMILES string of the molecule is COc1ccnc(CNC2(C(F)(F)F)CC2)c1OC. The van der Waals surface area contributed by atoms with Gasteiger partial charge in [0.15, 0.2) is 11.5 Å². The molecule has 0 radical (unpaired) electrons. The minimum atomic E-state index is -4.24. The van der Waals surface area contributed by atoms with Crippen LogP contribution in [0.1, 0.15) is 18.5 Å². The van der Waals surface area contributed by atoms with Gasteiger partial charge in [0.05, 0.1) is 19.9 Å². The maximum absolute atomic E-state index is 12.8. The number of methoxy groups -OCH3 is 2. The molecule has 0 aromatic carbocycles. The molecule has 0 saturated heterocycles. The van der Waals surface area contributed by atoms with Gasteiger partial charge in [-0.05, 0) is 12.8 Å². The van der Waals surface area contributed by atoms with E-state index in [9.17, 15) is 13.2 Å². The molecule has 19 heavy (non-hydrogen) atoms. The first-order valence-electron chi connectivity index (χ1n) is 5.81. The van der Waals surface area contributed by atoms with Gasteiger partial charge in [-0.2, -0.15) is 13.2 Å². The number of pyridine rings is 1. The molecule has 1 aromatic heterocycles. The molecule has 1 aliphatic carbocycles. The van der Waals surface area contributed by atoms with Crippen molar-refractivity contribution in [3.8, 4) is 11.5 Å². The maximum atomic E-state index is 12.8. The first kappa shape index (κ1) is 13.9. The van der Waals surface area contributed by atoms with Crippen LogP contribution in [0.5, 0.6) is 11.5 Å². The molecule has 4 nitrogen and oxygen atoms in total. The van der Waals surface area contributed by atoms with Crippen LogP contribution in [0.25, 0.3) is 0 Å².